The number of hydrogen-bond donors (Lipinski definition) is 5. The molecule has 0 spiro atoms. The molecule has 0 atom stereocenters. The molecule has 5 rings (SSSR count). The van der Waals surface area contributed by atoms with E-state index in [0.29, 0.717) is 28.2 Å². The van der Waals surface area contributed by atoms with Crippen molar-refractivity contribution in [1.82, 2.24) is 0 Å². The zero-order chi connectivity index (χ0) is 34.1. The van der Waals surface area contributed by atoms with Gasteiger partial charge in [0.2, 0.25) is 5.78 Å². The number of fused-ring (bicyclic) bond motifs is 1. The minimum Gasteiger partial charge on any atom is -0.399 e. The lowest BCUT2D eigenvalue weighted by Crippen LogP contribution is -2.27. The summed E-state index contributed by atoms with van der Waals surface area (Å²) in [5, 5.41) is 14.7. The first-order valence-corrected chi connectivity index (χ1v) is 16.5. The van der Waals surface area contributed by atoms with Gasteiger partial charge in [-0.15, -0.1) is 0 Å². The fraction of sp³-hybridized carbons (Fsp3) is 0.0333. The number of nitrogens with zero attached hydrogens (tertiary/aromatic N) is 3. The summed E-state index contributed by atoms with van der Waals surface area (Å²) in [6, 6.07) is 19.0. The number of allylic oxidation sites excluding steroid dienone is 1. The lowest BCUT2D eigenvalue weighted by Gasteiger charge is -2.16. The monoisotopic (exact) mass is 694 g/mol. The Kier molecular flexibility index (Phi) is 9.06. The maximum atomic E-state index is 13.3. The van der Waals surface area contributed by atoms with Crippen LogP contribution in [0.5, 0.6) is 0 Å². The molecular formula is C30H23ClN6O8S2. The number of amides is 1. The van der Waals surface area contributed by atoms with Crippen LogP contribution in [0.2, 0.25) is 5.02 Å². The molecular weight excluding hydrogens is 672 g/mol. The maximum absolute atomic E-state index is 13.3. The van der Waals surface area contributed by atoms with Gasteiger partial charge in [-0.3, -0.25) is 24.1 Å². The highest BCUT2D eigenvalue weighted by Crippen LogP contribution is 2.31. The number of anilines is 3. The molecule has 0 unspecified atom stereocenters. The standard InChI is InChI=1S/C30H23ClN6O8S2/c1-16-12-20(33-30(39)17-2-4-19(32)5-3-17)8-11-25(16)36-34-21-6-9-23-18(13-21)14-27(47(43,44)45)28(29(23)38)37-35-22-7-10-24(31)26(15-22)46(40,41)42/h2-15,35H,32H2,1H3,(H,33,39)(H,40,41,42)(H,43,44,45). The second-order valence-corrected chi connectivity index (χ2v) is 13.2. The zero-order valence-electron chi connectivity index (χ0n) is 24.0. The summed E-state index contributed by atoms with van der Waals surface area (Å²) in [6.45, 7) is 1.77. The van der Waals surface area contributed by atoms with Crippen LogP contribution < -0.4 is 16.5 Å². The van der Waals surface area contributed by atoms with E-state index in [0.717, 1.165) is 18.2 Å². The number of hydrazone groups is 1. The van der Waals surface area contributed by atoms with Gasteiger partial charge >= 0.3 is 0 Å². The molecule has 0 saturated heterocycles. The number of carbonyl (C=O) groups excluding carboxylic acids is 2. The second kappa shape index (κ2) is 12.9. The van der Waals surface area contributed by atoms with Gasteiger partial charge in [-0.1, -0.05) is 11.6 Å². The number of azo groups is 1. The van der Waals surface area contributed by atoms with Crippen molar-refractivity contribution in [3.05, 3.63) is 111 Å². The van der Waals surface area contributed by atoms with Crippen LogP contribution in [0.3, 0.4) is 0 Å². The quantitative estimate of drug-likeness (QED) is 0.0621. The number of hydrogen-bond acceptors (Lipinski definition) is 11. The van der Waals surface area contributed by atoms with E-state index in [4.69, 9.17) is 17.3 Å². The van der Waals surface area contributed by atoms with E-state index in [2.05, 4.69) is 26.1 Å². The topological polar surface area (TPSA) is 230 Å². The molecule has 0 aliphatic heterocycles. The van der Waals surface area contributed by atoms with Crippen molar-refractivity contribution in [3.8, 4) is 0 Å². The number of ketones is 1. The van der Waals surface area contributed by atoms with E-state index in [9.17, 15) is 35.5 Å². The molecule has 240 valence electrons. The summed E-state index contributed by atoms with van der Waals surface area (Å²) in [5.74, 6) is -1.19. The number of nitrogen functional groups attached to an aromatic ring is 1. The summed E-state index contributed by atoms with van der Waals surface area (Å²) in [6.07, 6.45) is 1.03. The fourth-order valence-electron chi connectivity index (χ4n) is 4.38. The van der Waals surface area contributed by atoms with Gasteiger partial charge in [0.1, 0.15) is 9.80 Å². The summed E-state index contributed by atoms with van der Waals surface area (Å²) < 4.78 is 66.8. The predicted molar refractivity (Wildman–Crippen MR) is 177 cm³/mol. The Morgan fingerprint density at radius 2 is 1.55 bits per heavy atom. The molecule has 0 aromatic heterocycles. The molecule has 0 saturated carbocycles. The van der Waals surface area contributed by atoms with Crippen LogP contribution in [0.4, 0.5) is 28.4 Å². The van der Waals surface area contributed by atoms with E-state index in [-0.39, 0.29) is 33.4 Å². The first-order valence-electron chi connectivity index (χ1n) is 13.3. The first kappa shape index (κ1) is 33.1. The Morgan fingerprint density at radius 1 is 0.851 bits per heavy atom. The van der Waals surface area contributed by atoms with Crippen LogP contribution in [0.1, 0.15) is 31.8 Å². The number of aryl methyl sites for hydroxylation is 1. The van der Waals surface area contributed by atoms with Crippen molar-refractivity contribution in [2.75, 3.05) is 16.5 Å². The number of carbonyl (C=O) groups is 2. The molecule has 0 bridgehead atoms. The molecule has 6 N–H and O–H groups in total. The Labute approximate surface area is 273 Å². The first-order chi connectivity index (χ1) is 22.1. The molecule has 47 heavy (non-hydrogen) atoms. The molecule has 17 heteroatoms. The molecule has 4 aromatic carbocycles. The van der Waals surface area contributed by atoms with Crippen LogP contribution in [-0.2, 0) is 20.2 Å². The molecule has 1 aliphatic carbocycles. The molecule has 1 amide bonds. The highest BCUT2D eigenvalue weighted by atomic mass is 35.5. The summed E-state index contributed by atoms with van der Waals surface area (Å²) in [4.78, 5) is 24.3. The summed E-state index contributed by atoms with van der Waals surface area (Å²) >= 11 is 5.81. The lowest BCUT2D eigenvalue weighted by molar-refractivity contribution is 0.102. The van der Waals surface area contributed by atoms with Crippen molar-refractivity contribution in [2.45, 2.75) is 11.8 Å². The van der Waals surface area contributed by atoms with Gasteiger partial charge in [-0.25, -0.2) is 0 Å². The summed E-state index contributed by atoms with van der Waals surface area (Å²) in [7, 11) is -9.68. The number of halogens is 1. The van der Waals surface area contributed by atoms with Crippen LogP contribution in [0.15, 0.2) is 104 Å². The molecule has 0 fully saturated rings. The Bertz CT molecular complexity index is 2270. The number of Topliss-reactive ketones (excluding diaryl/α,β-unsaturated/α-hetero) is 1. The minimum absolute atomic E-state index is 0.0315. The molecule has 4 aromatic rings. The van der Waals surface area contributed by atoms with Crippen molar-refractivity contribution < 1.29 is 35.5 Å². The van der Waals surface area contributed by atoms with Gasteiger partial charge in [0, 0.05) is 22.5 Å². The number of benzene rings is 4. The maximum Gasteiger partial charge on any atom is 0.296 e. The van der Waals surface area contributed by atoms with Crippen LogP contribution in [0, 0.1) is 6.92 Å². The minimum atomic E-state index is -4.98. The number of rotatable bonds is 8. The van der Waals surface area contributed by atoms with E-state index in [1.54, 1.807) is 49.4 Å². The Hall–Kier alpha value is -5.26. The molecule has 1 aliphatic rings. The Morgan fingerprint density at radius 3 is 2.21 bits per heavy atom. The van der Waals surface area contributed by atoms with E-state index < -0.39 is 41.5 Å². The second-order valence-electron chi connectivity index (χ2n) is 10.1. The highest BCUT2D eigenvalue weighted by molar-refractivity contribution is 7.91. The highest BCUT2D eigenvalue weighted by Gasteiger charge is 2.33. The van der Waals surface area contributed by atoms with Crippen LogP contribution in [0.25, 0.3) is 6.08 Å². The SMILES string of the molecule is Cc1cc(NC(=O)c2ccc(N)cc2)ccc1N=Nc1ccc2c(c1)C=C(S(=O)(=O)O)C(=NNc1ccc(Cl)c(S(=O)(=O)O)c1)C2=O. The van der Waals surface area contributed by atoms with E-state index >= 15 is 0 Å². The normalized spacial score (nSPS) is 14.2. The smallest absolute Gasteiger partial charge is 0.296 e. The average molecular weight is 695 g/mol. The fourth-order valence-corrected chi connectivity index (χ4v) is 6.03. The molecule has 0 heterocycles. The largest absolute Gasteiger partial charge is 0.399 e. The van der Waals surface area contributed by atoms with Gasteiger partial charge in [-0.05, 0) is 103 Å². The molecule has 0 radical (unpaired) electrons. The number of nitrogens with one attached hydrogen (secondary N) is 2. The summed E-state index contributed by atoms with van der Waals surface area (Å²) in [5.41, 5.74) is 10.3. The van der Waals surface area contributed by atoms with Gasteiger partial charge < -0.3 is 11.1 Å². The third kappa shape index (κ3) is 7.59. The van der Waals surface area contributed by atoms with Gasteiger partial charge in [0.05, 0.1) is 22.1 Å². The third-order valence-electron chi connectivity index (χ3n) is 6.70. The van der Waals surface area contributed by atoms with Gasteiger partial charge in [0.25, 0.3) is 26.1 Å². The molecule has 14 nitrogen and oxygen atoms in total. The average Bonchev–Trinajstić information content (AvgIpc) is 3.00. The van der Waals surface area contributed by atoms with Crippen LogP contribution >= 0.6 is 11.6 Å². The third-order valence-corrected chi connectivity index (χ3v) is 8.90. The number of nitrogens with two attached hydrogens (primary N) is 1. The van der Waals surface area contributed by atoms with Crippen molar-refractivity contribution in [3.63, 3.8) is 0 Å². The zero-order valence-corrected chi connectivity index (χ0v) is 26.4. The van der Waals surface area contributed by atoms with Crippen molar-refractivity contribution in [1.29, 1.82) is 0 Å². The lowest BCUT2D eigenvalue weighted by atomic mass is 9.94. The van der Waals surface area contributed by atoms with Gasteiger partial charge in [-0.2, -0.15) is 32.2 Å². The van der Waals surface area contributed by atoms with Crippen molar-refractivity contribution >= 4 is 83.8 Å². The Balaban J connectivity index is 1.38. The van der Waals surface area contributed by atoms with Crippen molar-refractivity contribution in [2.24, 2.45) is 15.3 Å². The van der Waals surface area contributed by atoms with Crippen LogP contribution in [-0.4, -0.2) is 43.3 Å². The van der Waals surface area contributed by atoms with Gasteiger partial charge in [0.15, 0.2) is 5.71 Å². The van der Waals surface area contributed by atoms with E-state index in [1.807, 2.05) is 0 Å². The predicted octanol–water partition coefficient (Wildman–Crippen LogP) is 6.04. The van der Waals surface area contributed by atoms with E-state index in [1.165, 1.54) is 24.3 Å².